The van der Waals surface area contributed by atoms with Crippen LogP contribution in [0.15, 0.2) is 21.8 Å². The van der Waals surface area contributed by atoms with Crippen LogP contribution >= 0.6 is 35.3 Å². The summed E-state index contributed by atoms with van der Waals surface area (Å²) in [6.45, 7) is 11.7. The first-order chi connectivity index (χ1) is 11.9. The van der Waals surface area contributed by atoms with E-state index >= 15 is 0 Å². The molecule has 0 saturated carbocycles. The Labute approximate surface area is 179 Å². The summed E-state index contributed by atoms with van der Waals surface area (Å²) < 4.78 is 0. The number of guanidine groups is 1. The lowest BCUT2D eigenvalue weighted by Gasteiger charge is -2.38. The van der Waals surface area contributed by atoms with Gasteiger partial charge in [0.1, 0.15) is 5.60 Å². The van der Waals surface area contributed by atoms with E-state index in [-0.39, 0.29) is 24.0 Å². The van der Waals surface area contributed by atoms with Gasteiger partial charge in [-0.05, 0) is 69.5 Å². The van der Waals surface area contributed by atoms with E-state index in [4.69, 9.17) is 0 Å². The van der Waals surface area contributed by atoms with Crippen molar-refractivity contribution < 1.29 is 5.11 Å². The van der Waals surface area contributed by atoms with Crippen molar-refractivity contribution in [2.24, 2.45) is 4.99 Å². The molecule has 1 aromatic rings. The van der Waals surface area contributed by atoms with E-state index in [1.54, 1.807) is 11.3 Å². The van der Waals surface area contributed by atoms with Gasteiger partial charge in [0.2, 0.25) is 0 Å². The van der Waals surface area contributed by atoms with Crippen molar-refractivity contribution in [2.45, 2.75) is 64.6 Å². The summed E-state index contributed by atoms with van der Waals surface area (Å²) in [5, 5.41) is 21.3. The molecule has 3 N–H and O–H groups in total. The molecule has 1 aliphatic heterocycles. The lowest BCUT2D eigenvalue weighted by Crippen LogP contribution is -2.50. The molecule has 1 fully saturated rings. The van der Waals surface area contributed by atoms with Crippen molar-refractivity contribution in [3.8, 4) is 0 Å². The van der Waals surface area contributed by atoms with Crippen molar-refractivity contribution in [1.82, 2.24) is 15.5 Å². The van der Waals surface area contributed by atoms with E-state index in [2.05, 4.69) is 41.3 Å². The third-order valence-electron chi connectivity index (χ3n) is 5.02. The molecule has 0 aliphatic carbocycles. The predicted octanol–water partition coefficient (Wildman–Crippen LogP) is 3.39. The summed E-state index contributed by atoms with van der Waals surface area (Å²) in [5.41, 5.74) is -0.0115. The average molecular weight is 494 g/mol. The number of aliphatic imine (C=N–C) groups is 1. The molecule has 3 unspecified atom stereocenters. The highest BCUT2D eigenvalue weighted by Gasteiger charge is 2.24. The number of nitrogens with one attached hydrogen (secondary N) is 2. The molecule has 3 atom stereocenters. The van der Waals surface area contributed by atoms with Gasteiger partial charge in [-0.1, -0.05) is 6.42 Å². The van der Waals surface area contributed by atoms with Crippen LogP contribution in [0.2, 0.25) is 0 Å². The minimum atomic E-state index is -0.935. The first-order valence-corrected chi connectivity index (χ1v) is 10.4. The number of likely N-dealkylation sites (tertiary alicyclic amines) is 1. The quantitative estimate of drug-likeness (QED) is 0.309. The maximum absolute atomic E-state index is 10.6. The van der Waals surface area contributed by atoms with Crippen LogP contribution in [0.1, 0.15) is 52.5 Å². The van der Waals surface area contributed by atoms with Crippen molar-refractivity contribution in [3.63, 3.8) is 0 Å². The molecule has 0 amide bonds. The number of aliphatic hydroxyl groups is 1. The molecule has 7 heteroatoms. The van der Waals surface area contributed by atoms with E-state index in [0.29, 0.717) is 18.6 Å². The molecule has 1 saturated heterocycles. The van der Waals surface area contributed by atoms with Crippen LogP contribution < -0.4 is 10.6 Å². The zero-order chi connectivity index (χ0) is 18.3. The zero-order valence-corrected chi connectivity index (χ0v) is 19.6. The van der Waals surface area contributed by atoms with E-state index in [0.717, 1.165) is 24.6 Å². The van der Waals surface area contributed by atoms with Crippen LogP contribution in [0.5, 0.6) is 0 Å². The number of nitrogens with zero attached hydrogens (tertiary/aromatic N) is 2. The number of thiophene rings is 1. The average Bonchev–Trinajstić information content (AvgIpc) is 3.13. The molecule has 1 aliphatic rings. The van der Waals surface area contributed by atoms with Gasteiger partial charge in [0.15, 0.2) is 5.96 Å². The van der Waals surface area contributed by atoms with Crippen molar-refractivity contribution in [3.05, 3.63) is 22.4 Å². The summed E-state index contributed by atoms with van der Waals surface area (Å²) >= 11 is 1.60. The first-order valence-electron chi connectivity index (χ1n) is 9.47. The first kappa shape index (κ1) is 23.7. The van der Waals surface area contributed by atoms with Crippen LogP contribution in [0, 0.1) is 0 Å². The van der Waals surface area contributed by atoms with Crippen molar-refractivity contribution in [1.29, 1.82) is 0 Å². The lowest BCUT2D eigenvalue weighted by molar-refractivity contribution is 0.0677. The minimum absolute atomic E-state index is 0. The Morgan fingerprint density at radius 1 is 1.46 bits per heavy atom. The summed E-state index contributed by atoms with van der Waals surface area (Å²) in [5.74, 6) is 0.773. The molecule has 150 valence electrons. The van der Waals surface area contributed by atoms with Crippen LogP contribution in [-0.4, -0.2) is 54.2 Å². The van der Waals surface area contributed by atoms with Gasteiger partial charge in [0, 0.05) is 25.2 Å². The highest BCUT2D eigenvalue weighted by atomic mass is 127. The van der Waals surface area contributed by atoms with Gasteiger partial charge in [-0.15, -0.1) is 24.0 Å². The largest absolute Gasteiger partial charge is 0.383 e. The smallest absolute Gasteiger partial charge is 0.191 e. The zero-order valence-electron chi connectivity index (χ0n) is 16.5. The molecular formula is C19H35IN4OS. The molecule has 2 rings (SSSR count). The van der Waals surface area contributed by atoms with Gasteiger partial charge < -0.3 is 15.7 Å². The van der Waals surface area contributed by atoms with E-state index in [9.17, 15) is 5.11 Å². The summed E-state index contributed by atoms with van der Waals surface area (Å²) in [6, 6.07) is 3.08. The highest BCUT2D eigenvalue weighted by Crippen LogP contribution is 2.23. The van der Waals surface area contributed by atoms with Crippen molar-refractivity contribution >= 4 is 41.3 Å². The molecule has 0 spiro atoms. The molecule has 2 heterocycles. The van der Waals surface area contributed by atoms with Crippen LogP contribution in [0.4, 0.5) is 0 Å². The number of halogens is 1. The second kappa shape index (κ2) is 11.5. The van der Waals surface area contributed by atoms with E-state index in [1.165, 1.54) is 25.8 Å². The van der Waals surface area contributed by atoms with E-state index in [1.807, 2.05) is 23.8 Å². The molecule has 1 aromatic heterocycles. The van der Waals surface area contributed by atoms with Crippen LogP contribution in [-0.2, 0) is 5.60 Å². The van der Waals surface area contributed by atoms with Gasteiger partial charge in [0.05, 0.1) is 6.54 Å². The fraction of sp³-hybridized carbons (Fsp3) is 0.737. The Bertz CT molecular complexity index is 536. The lowest BCUT2D eigenvalue weighted by atomic mass is 10.00. The molecule has 0 aromatic carbocycles. The maximum atomic E-state index is 10.6. The number of hydrogen-bond acceptors (Lipinski definition) is 4. The van der Waals surface area contributed by atoms with Crippen molar-refractivity contribution in [2.75, 3.05) is 26.2 Å². The topological polar surface area (TPSA) is 59.9 Å². The Kier molecular flexibility index (Phi) is 10.4. The fourth-order valence-electron chi connectivity index (χ4n) is 3.37. The fourth-order valence-corrected chi connectivity index (χ4v) is 4.16. The van der Waals surface area contributed by atoms with Gasteiger partial charge in [-0.25, -0.2) is 4.99 Å². The molecular weight excluding hydrogens is 459 g/mol. The third kappa shape index (κ3) is 6.98. The van der Waals surface area contributed by atoms with Crippen LogP contribution in [0.3, 0.4) is 0 Å². The summed E-state index contributed by atoms with van der Waals surface area (Å²) in [4.78, 5) is 7.19. The Morgan fingerprint density at radius 2 is 2.23 bits per heavy atom. The third-order valence-corrected chi connectivity index (χ3v) is 5.70. The van der Waals surface area contributed by atoms with Gasteiger partial charge >= 0.3 is 0 Å². The normalized spacial score (nSPS) is 22.2. The molecule has 5 nitrogen and oxygen atoms in total. The molecule has 0 radical (unpaired) electrons. The van der Waals surface area contributed by atoms with Gasteiger partial charge in [0.25, 0.3) is 0 Å². The highest BCUT2D eigenvalue weighted by molar-refractivity contribution is 14.0. The monoisotopic (exact) mass is 494 g/mol. The Hall–Kier alpha value is -0.380. The minimum Gasteiger partial charge on any atom is -0.383 e. The number of piperidine rings is 1. The maximum Gasteiger partial charge on any atom is 0.191 e. The van der Waals surface area contributed by atoms with Crippen LogP contribution in [0.25, 0.3) is 0 Å². The Balaban J connectivity index is 0.00000338. The summed E-state index contributed by atoms with van der Waals surface area (Å²) in [6.07, 6.45) is 3.94. The predicted molar refractivity (Wildman–Crippen MR) is 123 cm³/mol. The van der Waals surface area contributed by atoms with Gasteiger partial charge in [-0.3, -0.25) is 4.90 Å². The SMILES string of the molecule is CCNC(=NCC(C)(O)c1ccsc1)NCC(C)N1CCCCC1C.I. The number of rotatable bonds is 7. The molecule has 26 heavy (non-hydrogen) atoms. The Morgan fingerprint density at radius 3 is 2.85 bits per heavy atom. The van der Waals surface area contributed by atoms with Gasteiger partial charge in [-0.2, -0.15) is 11.3 Å². The standard InChI is InChI=1S/C19H34N4OS.HI/c1-5-20-18(22-14-19(4,24)17-9-11-25-13-17)21-12-16(3)23-10-7-6-8-15(23)2;/h9,11,13,15-16,24H,5-8,10,12,14H2,1-4H3,(H2,20,21,22);1H. The second-order valence-electron chi connectivity index (χ2n) is 7.29. The second-order valence-corrected chi connectivity index (χ2v) is 8.07. The number of hydrogen-bond donors (Lipinski definition) is 3. The summed E-state index contributed by atoms with van der Waals surface area (Å²) in [7, 11) is 0. The van der Waals surface area contributed by atoms with E-state index < -0.39 is 5.60 Å². The molecule has 0 bridgehead atoms.